The zero-order valence-electron chi connectivity index (χ0n) is 17.5. The fourth-order valence-corrected chi connectivity index (χ4v) is 3.89. The van der Waals surface area contributed by atoms with Crippen LogP contribution in [0.15, 0.2) is 103 Å². The van der Waals surface area contributed by atoms with E-state index < -0.39 is 0 Å². The van der Waals surface area contributed by atoms with Gasteiger partial charge in [0.15, 0.2) is 0 Å². The molecular weight excluding hydrogens is 362 g/mol. The second-order valence-electron chi connectivity index (χ2n) is 7.91. The Kier molecular flexibility index (Phi) is 7.07. The van der Waals surface area contributed by atoms with Gasteiger partial charge in [0, 0.05) is 11.4 Å². The first-order valence-electron chi connectivity index (χ1n) is 11.0. The molecule has 0 saturated carbocycles. The Morgan fingerprint density at radius 3 is 1.10 bits per heavy atom. The molecule has 0 bridgehead atoms. The fraction of sp³-hybridized carbons (Fsp3) is 0.207. The summed E-state index contributed by atoms with van der Waals surface area (Å²) < 4.78 is 0. The summed E-state index contributed by atoms with van der Waals surface area (Å²) in [7, 11) is 0. The van der Waals surface area contributed by atoms with Crippen molar-refractivity contribution in [1.82, 2.24) is 4.98 Å². The zero-order chi connectivity index (χ0) is 20.4. The van der Waals surface area contributed by atoms with Crippen LogP contribution in [0, 0.1) is 0 Å². The summed E-state index contributed by atoms with van der Waals surface area (Å²) in [5.74, 6) is 0. The first kappa shape index (κ1) is 20.1. The molecule has 0 radical (unpaired) electrons. The maximum absolute atomic E-state index is 5.02. The average Bonchev–Trinajstić information content (AvgIpc) is 2.82. The lowest BCUT2D eigenvalue weighted by Gasteiger charge is -2.10. The normalized spacial score (nSPS) is 10.8. The summed E-state index contributed by atoms with van der Waals surface area (Å²) in [5, 5.41) is 0. The Morgan fingerprint density at radius 2 is 0.700 bits per heavy atom. The lowest BCUT2D eigenvalue weighted by atomic mass is 10.00. The highest BCUT2D eigenvalue weighted by Crippen LogP contribution is 2.15. The van der Waals surface area contributed by atoms with Crippen LogP contribution in [0.25, 0.3) is 0 Å². The van der Waals surface area contributed by atoms with Crippen LogP contribution in [0.4, 0.5) is 0 Å². The van der Waals surface area contributed by atoms with Crippen molar-refractivity contribution in [3.8, 4) is 0 Å². The van der Waals surface area contributed by atoms with Crippen LogP contribution in [0.3, 0.4) is 0 Å². The summed E-state index contributed by atoms with van der Waals surface area (Å²) >= 11 is 0. The first-order valence-corrected chi connectivity index (χ1v) is 11.0. The second-order valence-corrected chi connectivity index (χ2v) is 7.91. The predicted molar refractivity (Wildman–Crippen MR) is 126 cm³/mol. The summed E-state index contributed by atoms with van der Waals surface area (Å²) in [6, 6.07) is 36.8. The summed E-state index contributed by atoms with van der Waals surface area (Å²) in [6.45, 7) is 0. The molecule has 1 nitrogen and oxygen atoms in total. The molecule has 0 saturated heterocycles. The molecule has 0 amide bonds. The van der Waals surface area contributed by atoms with Crippen LogP contribution in [0.5, 0.6) is 0 Å². The number of hydrogen-bond donors (Lipinski definition) is 0. The van der Waals surface area contributed by atoms with Gasteiger partial charge in [-0.15, -0.1) is 0 Å². The van der Waals surface area contributed by atoms with Crippen LogP contribution in [-0.2, 0) is 38.5 Å². The first-order chi connectivity index (χ1) is 14.8. The molecule has 1 heteroatoms. The SMILES string of the molecule is c1ccc(CCc2cc(CCc3ccccc3)nc(CCc3ccccc3)c2)cc1. The molecule has 30 heavy (non-hydrogen) atoms. The molecule has 0 unspecified atom stereocenters. The van der Waals surface area contributed by atoms with Crippen LogP contribution >= 0.6 is 0 Å². The van der Waals surface area contributed by atoms with E-state index in [1.54, 1.807) is 0 Å². The van der Waals surface area contributed by atoms with Gasteiger partial charge in [-0.1, -0.05) is 91.0 Å². The van der Waals surface area contributed by atoms with Crippen LogP contribution in [-0.4, -0.2) is 4.98 Å². The molecule has 0 aliphatic heterocycles. The third-order valence-electron chi connectivity index (χ3n) is 5.56. The highest BCUT2D eigenvalue weighted by atomic mass is 14.7. The van der Waals surface area contributed by atoms with Crippen molar-refractivity contribution in [2.75, 3.05) is 0 Å². The summed E-state index contributed by atoms with van der Waals surface area (Å²) in [6.07, 6.45) is 6.18. The minimum Gasteiger partial charge on any atom is -0.258 e. The molecule has 4 aromatic rings. The maximum atomic E-state index is 5.02. The molecule has 0 aliphatic carbocycles. The molecule has 1 heterocycles. The van der Waals surface area contributed by atoms with Gasteiger partial charge in [0.05, 0.1) is 0 Å². The number of rotatable bonds is 9. The van der Waals surface area contributed by atoms with Crippen molar-refractivity contribution in [3.05, 3.63) is 137 Å². The Labute approximate surface area is 180 Å². The van der Waals surface area contributed by atoms with Crippen molar-refractivity contribution in [2.24, 2.45) is 0 Å². The summed E-state index contributed by atoms with van der Waals surface area (Å²) in [4.78, 5) is 5.02. The van der Waals surface area contributed by atoms with Gasteiger partial charge in [-0.3, -0.25) is 4.98 Å². The standard InChI is InChI=1S/C29H29N/c1-4-10-24(11-5-1)16-17-27-22-28(20-18-25-12-6-2-7-13-25)30-29(23-27)21-19-26-14-8-3-9-15-26/h1-15,22-23H,16-21H2. The molecule has 150 valence electrons. The van der Waals surface area contributed by atoms with Crippen LogP contribution in [0.1, 0.15) is 33.6 Å². The average molecular weight is 392 g/mol. The maximum Gasteiger partial charge on any atom is 0.0413 e. The minimum absolute atomic E-state index is 0.988. The van der Waals surface area contributed by atoms with E-state index in [0.29, 0.717) is 0 Å². The van der Waals surface area contributed by atoms with Gasteiger partial charge < -0.3 is 0 Å². The quantitative estimate of drug-likeness (QED) is 0.320. The van der Waals surface area contributed by atoms with Crippen LogP contribution in [0.2, 0.25) is 0 Å². The highest BCUT2D eigenvalue weighted by molar-refractivity contribution is 5.26. The molecule has 0 aliphatic rings. The molecular formula is C29H29N. The van der Waals surface area contributed by atoms with Crippen LogP contribution < -0.4 is 0 Å². The van der Waals surface area contributed by atoms with E-state index in [1.807, 2.05) is 0 Å². The molecule has 3 aromatic carbocycles. The number of hydrogen-bond acceptors (Lipinski definition) is 1. The molecule has 4 rings (SSSR count). The molecule has 0 spiro atoms. The van der Waals surface area contributed by atoms with Gasteiger partial charge >= 0.3 is 0 Å². The number of aromatic nitrogens is 1. The monoisotopic (exact) mass is 391 g/mol. The number of benzene rings is 3. The highest BCUT2D eigenvalue weighted by Gasteiger charge is 2.06. The smallest absolute Gasteiger partial charge is 0.0413 e. The van der Waals surface area contributed by atoms with Crippen molar-refractivity contribution < 1.29 is 0 Å². The van der Waals surface area contributed by atoms with Gasteiger partial charge in [-0.2, -0.15) is 0 Å². The number of aryl methyl sites for hydroxylation is 6. The van der Waals surface area contributed by atoms with E-state index in [4.69, 9.17) is 4.98 Å². The minimum atomic E-state index is 0.988. The van der Waals surface area contributed by atoms with Gasteiger partial charge in [0.1, 0.15) is 0 Å². The Hall–Kier alpha value is -3.19. The second kappa shape index (κ2) is 10.5. The summed E-state index contributed by atoms with van der Waals surface area (Å²) in [5.41, 5.74) is 7.98. The van der Waals surface area contributed by atoms with Gasteiger partial charge in [0.2, 0.25) is 0 Å². The van der Waals surface area contributed by atoms with E-state index in [1.165, 1.54) is 33.6 Å². The third-order valence-corrected chi connectivity index (χ3v) is 5.56. The zero-order valence-corrected chi connectivity index (χ0v) is 17.5. The Morgan fingerprint density at radius 1 is 0.367 bits per heavy atom. The van der Waals surface area contributed by atoms with Gasteiger partial charge in [0.25, 0.3) is 0 Å². The number of nitrogens with zero attached hydrogens (tertiary/aromatic N) is 1. The topological polar surface area (TPSA) is 12.9 Å². The van der Waals surface area contributed by atoms with Crippen molar-refractivity contribution in [1.29, 1.82) is 0 Å². The van der Waals surface area contributed by atoms with E-state index in [2.05, 4.69) is 103 Å². The lowest BCUT2D eigenvalue weighted by molar-refractivity contribution is 0.840. The van der Waals surface area contributed by atoms with Crippen molar-refractivity contribution in [2.45, 2.75) is 38.5 Å². The molecule has 1 aromatic heterocycles. The largest absolute Gasteiger partial charge is 0.258 e. The lowest BCUT2D eigenvalue weighted by Crippen LogP contribution is -2.03. The van der Waals surface area contributed by atoms with Gasteiger partial charge in [-0.25, -0.2) is 0 Å². The molecule has 0 fully saturated rings. The van der Waals surface area contributed by atoms with Crippen molar-refractivity contribution in [3.63, 3.8) is 0 Å². The van der Waals surface area contributed by atoms with Gasteiger partial charge in [-0.05, 0) is 72.9 Å². The molecule has 0 N–H and O–H groups in total. The van der Waals surface area contributed by atoms with E-state index in [0.717, 1.165) is 38.5 Å². The van der Waals surface area contributed by atoms with E-state index in [9.17, 15) is 0 Å². The number of pyridine rings is 1. The Bertz CT molecular complexity index is 875. The van der Waals surface area contributed by atoms with E-state index >= 15 is 0 Å². The third kappa shape index (κ3) is 6.15. The fourth-order valence-electron chi connectivity index (χ4n) is 3.89. The predicted octanol–water partition coefficient (Wildman–Crippen LogP) is 6.44. The Balaban J connectivity index is 1.48. The van der Waals surface area contributed by atoms with E-state index in [-0.39, 0.29) is 0 Å². The molecule has 0 atom stereocenters. The van der Waals surface area contributed by atoms with Crippen molar-refractivity contribution >= 4 is 0 Å².